The number of ether oxygens (including phenoxy) is 1. The number of carbonyl (C=O) groups excluding carboxylic acids is 2. The van der Waals surface area contributed by atoms with Crippen LogP contribution in [0.1, 0.15) is 26.3 Å². The van der Waals surface area contributed by atoms with Crippen LogP contribution in [0.3, 0.4) is 0 Å². The van der Waals surface area contributed by atoms with Gasteiger partial charge in [-0.25, -0.2) is 9.18 Å². The summed E-state index contributed by atoms with van der Waals surface area (Å²) in [6, 6.07) is 3.59. The number of rotatable bonds is 2. The molecule has 0 amide bonds. The number of nitriles is 1. The maximum absolute atomic E-state index is 13.1. The second-order valence-corrected chi connectivity index (χ2v) is 2.61. The van der Waals surface area contributed by atoms with E-state index in [4.69, 9.17) is 5.26 Å². The van der Waals surface area contributed by atoms with Gasteiger partial charge in [-0.2, -0.15) is 5.26 Å². The van der Waals surface area contributed by atoms with E-state index in [9.17, 15) is 14.0 Å². The van der Waals surface area contributed by atoms with E-state index >= 15 is 0 Å². The van der Waals surface area contributed by atoms with Gasteiger partial charge in [0.15, 0.2) is 6.29 Å². The standard InChI is InChI=1S/C10H6FNO3/c1-15-10(14)9-6(5-13)2-3-8(11)7(9)4-12/h2-3,5H,1H3. The quantitative estimate of drug-likeness (QED) is 0.541. The van der Waals surface area contributed by atoms with Gasteiger partial charge in [0.25, 0.3) is 0 Å². The van der Waals surface area contributed by atoms with E-state index in [1.54, 1.807) is 0 Å². The Morgan fingerprint density at radius 1 is 1.60 bits per heavy atom. The number of nitrogens with zero attached hydrogens (tertiary/aromatic N) is 1. The summed E-state index contributed by atoms with van der Waals surface area (Å²) in [5, 5.41) is 8.65. The third-order valence-electron chi connectivity index (χ3n) is 1.82. The summed E-state index contributed by atoms with van der Waals surface area (Å²) in [5.41, 5.74) is -0.888. The summed E-state index contributed by atoms with van der Waals surface area (Å²) in [5.74, 6) is -1.77. The molecule has 0 saturated heterocycles. The smallest absolute Gasteiger partial charge is 0.340 e. The number of hydrogen-bond donors (Lipinski definition) is 0. The minimum atomic E-state index is -0.909. The summed E-state index contributed by atoms with van der Waals surface area (Å²) in [7, 11) is 1.09. The molecule has 4 nitrogen and oxygen atoms in total. The van der Waals surface area contributed by atoms with Gasteiger partial charge < -0.3 is 4.74 Å². The molecule has 0 fully saturated rings. The van der Waals surface area contributed by atoms with Crippen LogP contribution < -0.4 is 0 Å². The Morgan fingerprint density at radius 3 is 2.73 bits per heavy atom. The lowest BCUT2D eigenvalue weighted by molar-refractivity contribution is 0.0597. The first-order chi connectivity index (χ1) is 7.15. The molecule has 1 aromatic carbocycles. The van der Waals surface area contributed by atoms with Crippen molar-refractivity contribution in [1.82, 2.24) is 0 Å². The van der Waals surface area contributed by atoms with Crippen LogP contribution >= 0.6 is 0 Å². The van der Waals surface area contributed by atoms with Crippen LogP contribution in [-0.4, -0.2) is 19.4 Å². The zero-order chi connectivity index (χ0) is 11.4. The Kier molecular flexibility index (Phi) is 3.13. The fourth-order valence-corrected chi connectivity index (χ4v) is 1.12. The number of aldehydes is 1. The summed E-state index contributed by atoms with van der Waals surface area (Å²) < 4.78 is 17.5. The number of halogens is 1. The monoisotopic (exact) mass is 207 g/mol. The first kappa shape index (κ1) is 10.9. The maximum atomic E-state index is 13.1. The fourth-order valence-electron chi connectivity index (χ4n) is 1.12. The van der Waals surface area contributed by atoms with Crippen LogP contribution in [0, 0.1) is 17.1 Å². The number of esters is 1. The van der Waals surface area contributed by atoms with E-state index in [0.717, 1.165) is 19.2 Å². The minimum absolute atomic E-state index is 0.0696. The Labute approximate surface area is 84.9 Å². The van der Waals surface area contributed by atoms with Crippen LogP contribution in [0.25, 0.3) is 0 Å². The molecule has 0 unspecified atom stereocenters. The van der Waals surface area contributed by atoms with Gasteiger partial charge in [0, 0.05) is 5.56 Å². The van der Waals surface area contributed by atoms with Gasteiger partial charge in [-0.15, -0.1) is 0 Å². The van der Waals surface area contributed by atoms with Crippen molar-refractivity contribution in [3.05, 3.63) is 34.6 Å². The lowest BCUT2D eigenvalue weighted by atomic mass is 10.0. The van der Waals surface area contributed by atoms with Crippen molar-refractivity contribution >= 4 is 12.3 Å². The SMILES string of the molecule is COC(=O)c1c(C=O)ccc(F)c1C#N. The van der Waals surface area contributed by atoms with E-state index in [1.165, 1.54) is 6.07 Å². The molecule has 0 radical (unpaired) electrons. The normalized spacial score (nSPS) is 9.13. The van der Waals surface area contributed by atoms with Gasteiger partial charge in [0.2, 0.25) is 0 Å². The second kappa shape index (κ2) is 4.33. The highest BCUT2D eigenvalue weighted by Gasteiger charge is 2.20. The largest absolute Gasteiger partial charge is 0.465 e. The highest BCUT2D eigenvalue weighted by molar-refractivity contribution is 6.00. The van der Waals surface area contributed by atoms with Crippen LogP contribution in [0.2, 0.25) is 0 Å². The predicted molar refractivity (Wildman–Crippen MR) is 47.8 cm³/mol. The average Bonchev–Trinajstić information content (AvgIpc) is 2.27. The Balaban J connectivity index is 3.56. The Bertz CT molecular complexity index is 462. The van der Waals surface area contributed by atoms with Crippen molar-refractivity contribution in [3.63, 3.8) is 0 Å². The van der Waals surface area contributed by atoms with Gasteiger partial charge in [-0.05, 0) is 12.1 Å². The molecule has 15 heavy (non-hydrogen) atoms. The van der Waals surface area contributed by atoms with Crippen molar-refractivity contribution < 1.29 is 18.7 Å². The van der Waals surface area contributed by atoms with Crippen LogP contribution in [0.4, 0.5) is 4.39 Å². The van der Waals surface area contributed by atoms with E-state index in [-0.39, 0.29) is 11.1 Å². The first-order valence-corrected chi connectivity index (χ1v) is 3.91. The molecule has 0 atom stereocenters. The van der Waals surface area contributed by atoms with Gasteiger partial charge in [0.1, 0.15) is 17.4 Å². The van der Waals surface area contributed by atoms with Crippen molar-refractivity contribution in [2.45, 2.75) is 0 Å². The molecule has 0 aromatic heterocycles. The van der Waals surface area contributed by atoms with Gasteiger partial charge in [-0.3, -0.25) is 4.79 Å². The zero-order valence-electron chi connectivity index (χ0n) is 7.78. The third-order valence-corrected chi connectivity index (χ3v) is 1.82. The fraction of sp³-hybridized carbons (Fsp3) is 0.100. The van der Waals surface area contributed by atoms with Gasteiger partial charge >= 0.3 is 5.97 Å². The maximum Gasteiger partial charge on any atom is 0.340 e. The van der Waals surface area contributed by atoms with E-state index in [0.29, 0.717) is 6.29 Å². The van der Waals surface area contributed by atoms with E-state index < -0.39 is 17.3 Å². The summed E-state index contributed by atoms with van der Waals surface area (Å²) in [4.78, 5) is 21.8. The first-order valence-electron chi connectivity index (χ1n) is 3.91. The van der Waals surface area contributed by atoms with Gasteiger partial charge in [-0.1, -0.05) is 0 Å². The topological polar surface area (TPSA) is 67.2 Å². The molecular weight excluding hydrogens is 201 g/mol. The van der Waals surface area contributed by atoms with Crippen LogP contribution in [0.15, 0.2) is 12.1 Å². The number of benzene rings is 1. The number of methoxy groups -OCH3 is 1. The molecule has 0 aliphatic heterocycles. The molecule has 0 bridgehead atoms. The highest BCUT2D eigenvalue weighted by atomic mass is 19.1. The molecule has 0 N–H and O–H groups in total. The van der Waals surface area contributed by atoms with Crippen molar-refractivity contribution in [2.24, 2.45) is 0 Å². The lowest BCUT2D eigenvalue weighted by Crippen LogP contribution is -2.09. The van der Waals surface area contributed by atoms with E-state index in [1.807, 2.05) is 0 Å². The Hall–Kier alpha value is -2.22. The molecule has 0 aliphatic carbocycles. The lowest BCUT2D eigenvalue weighted by Gasteiger charge is -2.05. The third kappa shape index (κ3) is 1.83. The second-order valence-electron chi connectivity index (χ2n) is 2.61. The molecule has 5 heteroatoms. The molecule has 0 aliphatic rings. The van der Waals surface area contributed by atoms with Crippen LogP contribution in [-0.2, 0) is 4.74 Å². The van der Waals surface area contributed by atoms with Crippen molar-refractivity contribution in [3.8, 4) is 6.07 Å². The summed E-state index contributed by atoms with van der Waals surface area (Å²) in [6.07, 6.45) is 0.368. The van der Waals surface area contributed by atoms with E-state index in [2.05, 4.69) is 4.74 Å². The summed E-state index contributed by atoms with van der Waals surface area (Å²) in [6.45, 7) is 0. The molecule has 0 saturated carbocycles. The van der Waals surface area contributed by atoms with Crippen molar-refractivity contribution in [1.29, 1.82) is 5.26 Å². The minimum Gasteiger partial charge on any atom is -0.465 e. The molecular formula is C10H6FNO3. The molecule has 1 rings (SSSR count). The zero-order valence-corrected chi connectivity index (χ0v) is 7.78. The number of hydrogen-bond acceptors (Lipinski definition) is 4. The van der Waals surface area contributed by atoms with Crippen LogP contribution in [0.5, 0.6) is 0 Å². The highest BCUT2D eigenvalue weighted by Crippen LogP contribution is 2.17. The predicted octanol–water partition coefficient (Wildman–Crippen LogP) is 1.30. The van der Waals surface area contributed by atoms with Crippen molar-refractivity contribution in [2.75, 3.05) is 7.11 Å². The molecule has 0 heterocycles. The Morgan fingerprint density at radius 2 is 2.27 bits per heavy atom. The number of carbonyl (C=O) groups is 2. The molecule has 0 spiro atoms. The summed E-state index contributed by atoms with van der Waals surface area (Å²) >= 11 is 0. The average molecular weight is 207 g/mol. The molecule has 1 aromatic rings. The van der Waals surface area contributed by atoms with Gasteiger partial charge in [0.05, 0.1) is 12.7 Å². The molecule has 76 valence electrons.